The van der Waals surface area contributed by atoms with Crippen molar-refractivity contribution >= 4 is 32.3 Å². The topological polar surface area (TPSA) is 53.2 Å². The maximum absolute atomic E-state index is 15.3. The summed E-state index contributed by atoms with van der Waals surface area (Å²) < 4.78 is 49.4. The number of ether oxygens (including phenoxy) is 1. The van der Waals surface area contributed by atoms with Gasteiger partial charge in [-0.25, -0.2) is 8.78 Å². The van der Waals surface area contributed by atoms with Gasteiger partial charge >= 0.3 is 0 Å². The first-order valence-electron chi connectivity index (χ1n) is 13.3. The van der Waals surface area contributed by atoms with Gasteiger partial charge < -0.3 is 15.0 Å². The second-order valence-corrected chi connectivity index (χ2v) is 11.8. The second-order valence-electron chi connectivity index (χ2n) is 10.8. The fourth-order valence-corrected chi connectivity index (χ4v) is 6.68. The van der Waals surface area contributed by atoms with Crippen LogP contribution in [0, 0.1) is 5.82 Å². The number of nitrogens with one attached hydrogen (secondary N) is 2. The first-order valence-corrected chi connectivity index (χ1v) is 14.1. The Kier molecular flexibility index (Phi) is 6.99. The van der Waals surface area contributed by atoms with Gasteiger partial charge in [-0.15, -0.1) is 11.3 Å². The first-order chi connectivity index (χ1) is 18.8. The molecule has 39 heavy (non-hydrogen) atoms. The third-order valence-electron chi connectivity index (χ3n) is 7.40. The van der Waals surface area contributed by atoms with Gasteiger partial charge in [0.1, 0.15) is 17.2 Å². The van der Waals surface area contributed by atoms with E-state index in [4.69, 9.17) is 4.74 Å². The maximum Gasteiger partial charge on any atom is 0.153 e. The number of nitrogens with zero attached hydrogens (tertiary/aromatic N) is 2. The molecule has 5 nitrogen and oxygen atoms in total. The summed E-state index contributed by atoms with van der Waals surface area (Å²) in [5.41, 5.74) is 0.0404. The van der Waals surface area contributed by atoms with Gasteiger partial charge in [0.15, 0.2) is 5.75 Å². The van der Waals surface area contributed by atoms with E-state index in [1.807, 2.05) is 18.2 Å². The fourth-order valence-electron chi connectivity index (χ4n) is 5.40. The molecule has 1 aliphatic heterocycles. The molecule has 4 aromatic rings. The molecular formula is C30H31F3N4OS. The van der Waals surface area contributed by atoms with Crippen LogP contribution in [0.2, 0.25) is 0 Å². The lowest BCUT2D eigenvalue weighted by Crippen LogP contribution is -2.60. The molecule has 1 aliphatic carbocycles. The van der Waals surface area contributed by atoms with Crippen LogP contribution in [0.15, 0.2) is 60.5 Å². The molecule has 2 aromatic heterocycles. The van der Waals surface area contributed by atoms with Gasteiger partial charge in [0.25, 0.3) is 0 Å². The molecule has 204 valence electrons. The Morgan fingerprint density at radius 3 is 2.79 bits per heavy atom. The van der Waals surface area contributed by atoms with Crippen molar-refractivity contribution in [3.63, 3.8) is 0 Å². The molecule has 0 spiro atoms. The lowest BCUT2D eigenvalue weighted by molar-refractivity contribution is 0.117. The summed E-state index contributed by atoms with van der Waals surface area (Å²) in [6.45, 7) is 5.30. The van der Waals surface area contributed by atoms with Crippen molar-refractivity contribution in [1.82, 2.24) is 20.4 Å². The van der Waals surface area contributed by atoms with E-state index in [1.54, 1.807) is 12.3 Å². The number of thiophene rings is 1. The molecule has 1 atom stereocenters. The van der Waals surface area contributed by atoms with E-state index < -0.39 is 11.5 Å². The minimum absolute atomic E-state index is 0.200. The normalized spacial score (nSPS) is 18.6. The third-order valence-corrected chi connectivity index (χ3v) is 8.65. The van der Waals surface area contributed by atoms with Crippen LogP contribution >= 0.6 is 11.3 Å². The monoisotopic (exact) mass is 552 g/mol. The predicted molar refractivity (Wildman–Crippen MR) is 151 cm³/mol. The van der Waals surface area contributed by atoms with Gasteiger partial charge in [0.2, 0.25) is 0 Å². The quantitative estimate of drug-likeness (QED) is 0.235. The lowest BCUT2D eigenvalue weighted by Gasteiger charge is -2.41. The molecule has 3 heterocycles. The highest BCUT2D eigenvalue weighted by Crippen LogP contribution is 2.50. The number of hydrogen-bond donors (Lipinski definition) is 2. The molecule has 1 unspecified atom stereocenters. The molecule has 0 radical (unpaired) electrons. The predicted octanol–water partition coefficient (Wildman–Crippen LogP) is 7.01. The minimum Gasteiger partial charge on any atom is -0.456 e. The van der Waals surface area contributed by atoms with Crippen molar-refractivity contribution in [2.75, 3.05) is 26.3 Å². The molecule has 1 fully saturated rings. The molecule has 0 saturated carbocycles. The first kappa shape index (κ1) is 26.1. The summed E-state index contributed by atoms with van der Waals surface area (Å²) in [5, 5.41) is 12.7. The van der Waals surface area contributed by atoms with Crippen molar-refractivity contribution in [2.24, 2.45) is 0 Å². The smallest absolute Gasteiger partial charge is 0.153 e. The summed E-state index contributed by atoms with van der Waals surface area (Å²) in [4.78, 5) is 3.01. The van der Waals surface area contributed by atoms with Crippen molar-refractivity contribution < 1.29 is 17.9 Å². The Morgan fingerprint density at radius 2 is 2.05 bits per heavy atom. The van der Waals surface area contributed by atoms with Gasteiger partial charge in [0, 0.05) is 58.3 Å². The number of benzene rings is 2. The summed E-state index contributed by atoms with van der Waals surface area (Å²) in [5.74, 6) is 0.858. The van der Waals surface area contributed by atoms with Gasteiger partial charge in [-0.1, -0.05) is 12.1 Å². The Hall–Kier alpha value is -3.14. The standard InChI is InChI=1S/C30H31F3N4OS/c1-30(2,33)25-14-18(32)4-9-22(25)29-27(23-10-11-26-24(15-34-36-26)28(23)39-29)38-21-7-5-19(6-8-21)35-20-16-37(17-20)13-3-12-31/h4-5,7-11,14-15,19-20,35H,3,6,12-13,16-17H2,1-2H3,(H,34,36). The molecular weight excluding hydrogens is 521 g/mol. The van der Waals surface area contributed by atoms with Gasteiger partial charge in [-0.2, -0.15) is 5.10 Å². The number of rotatable bonds is 9. The number of likely N-dealkylation sites (tertiary alicyclic amines) is 1. The Morgan fingerprint density at radius 1 is 1.21 bits per heavy atom. The summed E-state index contributed by atoms with van der Waals surface area (Å²) in [6.07, 6.45) is 9.28. The average molecular weight is 553 g/mol. The summed E-state index contributed by atoms with van der Waals surface area (Å²) >= 11 is 1.50. The zero-order chi connectivity index (χ0) is 27.1. The fraction of sp³-hybridized carbons (Fsp3) is 0.367. The highest BCUT2D eigenvalue weighted by molar-refractivity contribution is 7.23. The number of allylic oxidation sites excluding steroid dienone is 1. The number of hydrogen-bond acceptors (Lipinski definition) is 5. The molecule has 1 saturated heterocycles. The van der Waals surface area contributed by atoms with Crippen LogP contribution in [0.4, 0.5) is 13.2 Å². The van der Waals surface area contributed by atoms with Gasteiger partial charge in [-0.3, -0.25) is 9.49 Å². The van der Waals surface area contributed by atoms with E-state index in [9.17, 15) is 8.78 Å². The SMILES string of the molecule is CC(C)(F)c1cc(F)ccc1-c1sc2c(ccc3[nH]ncc32)c1OC1=CCC(NC2CN(CCCF)C2)C=C1. The average Bonchev–Trinajstić information content (AvgIpc) is 3.50. The number of halogens is 3. The zero-order valence-corrected chi connectivity index (χ0v) is 22.8. The number of aromatic nitrogens is 2. The Bertz CT molecular complexity index is 1560. The largest absolute Gasteiger partial charge is 0.456 e. The van der Waals surface area contributed by atoms with E-state index in [0.717, 1.165) is 51.9 Å². The maximum atomic E-state index is 15.3. The highest BCUT2D eigenvalue weighted by atomic mass is 32.1. The van der Waals surface area contributed by atoms with Crippen LogP contribution in [-0.2, 0) is 5.67 Å². The van der Waals surface area contributed by atoms with Gasteiger partial charge in [-0.05, 0) is 63.1 Å². The molecule has 2 N–H and O–H groups in total. The van der Waals surface area contributed by atoms with E-state index >= 15 is 4.39 Å². The van der Waals surface area contributed by atoms with Crippen LogP contribution in [0.5, 0.6) is 5.75 Å². The molecule has 9 heteroatoms. The van der Waals surface area contributed by atoms with Crippen LogP contribution in [0.25, 0.3) is 31.4 Å². The van der Waals surface area contributed by atoms with Crippen molar-refractivity contribution in [3.8, 4) is 16.2 Å². The second kappa shape index (κ2) is 10.4. The lowest BCUT2D eigenvalue weighted by atomic mass is 9.93. The Balaban J connectivity index is 1.29. The Labute approximate surface area is 229 Å². The molecule has 0 amide bonds. The van der Waals surface area contributed by atoms with E-state index in [0.29, 0.717) is 29.5 Å². The van der Waals surface area contributed by atoms with Crippen LogP contribution in [0.3, 0.4) is 0 Å². The van der Waals surface area contributed by atoms with Crippen LogP contribution in [-0.4, -0.2) is 53.5 Å². The van der Waals surface area contributed by atoms with Crippen molar-refractivity contribution in [3.05, 3.63) is 71.9 Å². The number of alkyl halides is 2. The highest BCUT2D eigenvalue weighted by Gasteiger charge is 2.29. The summed E-state index contributed by atoms with van der Waals surface area (Å²) in [7, 11) is 0. The number of fused-ring (bicyclic) bond motifs is 3. The minimum atomic E-state index is -1.75. The molecule has 0 bridgehead atoms. The van der Waals surface area contributed by atoms with E-state index in [1.165, 1.54) is 37.3 Å². The molecule has 2 aromatic carbocycles. The zero-order valence-electron chi connectivity index (χ0n) is 21.9. The van der Waals surface area contributed by atoms with Crippen LogP contribution in [0.1, 0.15) is 32.3 Å². The number of H-pyrrole nitrogens is 1. The van der Waals surface area contributed by atoms with Crippen LogP contribution < -0.4 is 10.1 Å². The van der Waals surface area contributed by atoms with Crippen molar-refractivity contribution in [2.45, 2.75) is 44.4 Å². The molecule has 2 aliphatic rings. The van der Waals surface area contributed by atoms with Gasteiger partial charge in [0.05, 0.1) is 23.3 Å². The summed E-state index contributed by atoms with van der Waals surface area (Å²) in [6, 6.07) is 8.81. The number of aromatic amines is 1. The molecule has 6 rings (SSSR count). The van der Waals surface area contributed by atoms with Crippen molar-refractivity contribution in [1.29, 1.82) is 0 Å². The van der Waals surface area contributed by atoms with E-state index in [-0.39, 0.29) is 18.3 Å². The third kappa shape index (κ3) is 5.23. The van der Waals surface area contributed by atoms with E-state index in [2.05, 4.69) is 32.6 Å².